The summed E-state index contributed by atoms with van der Waals surface area (Å²) in [6, 6.07) is 19.9. The molecule has 0 fully saturated rings. The van der Waals surface area contributed by atoms with Gasteiger partial charge in [0.2, 0.25) is 5.91 Å². The summed E-state index contributed by atoms with van der Waals surface area (Å²) in [4.78, 5) is 32.4. The Balaban J connectivity index is 1.54. The van der Waals surface area contributed by atoms with E-state index in [0.29, 0.717) is 23.6 Å². The summed E-state index contributed by atoms with van der Waals surface area (Å²) in [6.45, 7) is 4.99. The predicted octanol–water partition coefficient (Wildman–Crippen LogP) is 4.73. The number of thioether (sulfide) groups is 1. The Labute approximate surface area is 195 Å². The molecule has 0 aliphatic carbocycles. The Kier molecular flexibility index (Phi) is 7.07. The van der Waals surface area contributed by atoms with E-state index >= 15 is 0 Å². The second kappa shape index (κ2) is 10.1. The minimum Gasteiger partial charge on any atom is -0.351 e. The third-order valence-electron chi connectivity index (χ3n) is 5.39. The van der Waals surface area contributed by atoms with Gasteiger partial charge >= 0.3 is 0 Å². The van der Waals surface area contributed by atoms with E-state index in [1.807, 2.05) is 62.4 Å². The molecule has 0 unspecified atom stereocenters. The van der Waals surface area contributed by atoms with Crippen molar-refractivity contribution in [2.75, 3.05) is 5.75 Å². The standard InChI is InChI=1S/C25H25N3O2S2/c1-17-18(2)32-23-22(17)24(30)28(14-13-19-9-5-3-6-10-19)25(27-23)31-16-21(29)26-15-20-11-7-4-8-12-20/h3-12H,13-16H2,1-2H3,(H,26,29). The number of aryl methyl sites for hydroxylation is 3. The minimum atomic E-state index is -0.0821. The van der Waals surface area contributed by atoms with Crippen molar-refractivity contribution in [3.63, 3.8) is 0 Å². The van der Waals surface area contributed by atoms with Crippen molar-refractivity contribution < 1.29 is 4.79 Å². The maximum atomic E-state index is 13.4. The van der Waals surface area contributed by atoms with Crippen LogP contribution in [-0.2, 0) is 24.3 Å². The number of thiophene rings is 1. The van der Waals surface area contributed by atoms with Gasteiger partial charge in [0.1, 0.15) is 4.83 Å². The Morgan fingerprint density at radius 3 is 2.38 bits per heavy atom. The van der Waals surface area contributed by atoms with Gasteiger partial charge in [-0.25, -0.2) is 4.98 Å². The van der Waals surface area contributed by atoms with Crippen LogP contribution in [0.15, 0.2) is 70.6 Å². The van der Waals surface area contributed by atoms with Crippen LogP contribution in [0.1, 0.15) is 21.6 Å². The van der Waals surface area contributed by atoms with Crippen LogP contribution in [0.25, 0.3) is 10.2 Å². The van der Waals surface area contributed by atoms with E-state index in [1.54, 1.807) is 4.57 Å². The lowest BCUT2D eigenvalue weighted by molar-refractivity contribution is -0.118. The van der Waals surface area contributed by atoms with E-state index in [0.717, 1.165) is 32.8 Å². The third-order valence-corrected chi connectivity index (χ3v) is 7.46. The molecule has 0 saturated heterocycles. The maximum absolute atomic E-state index is 13.4. The smallest absolute Gasteiger partial charge is 0.263 e. The highest BCUT2D eigenvalue weighted by atomic mass is 32.2. The van der Waals surface area contributed by atoms with Crippen molar-refractivity contribution in [3.05, 3.63) is 92.6 Å². The number of nitrogens with zero attached hydrogens (tertiary/aromatic N) is 2. The van der Waals surface area contributed by atoms with Gasteiger partial charge in [-0.05, 0) is 37.0 Å². The first kappa shape index (κ1) is 22.3. The molecule has 0 aliphatic rings. The van der Waals surface area contributed by atoms with E-state index in [1.165, 1.54) is 23.1 Å². The number of amides is 1. The van der Waals surface area contributed by atoms with Crippen LogP contribution in [0.4, 0.5) is 0 Å². The maximum Gasteiger partial charge on any atom is 0.263 e. The zero-order valence-electron chi connectivity index (χ0n) is 18.1. The lowest BCUT2D eigenvalue weighted by atomic mass is 10.1. The molecule has 1 amide bonds. The highest BCUT2D eigenvalue weighted by Crippen LogP contribution is 2.28. The van der Waals surface area contributed by atoms with Gasteiger partial charge in [0.25, 0.3) is 5.56 Å². The van der Waals surface area contributed by atoms with Crippen LogP contribution in [-0.4, -0.2) is 21.2 Å². The molecular weight excluding hydrogens is 438 g/mol. The number of rotatable bonds is 8. The van der Waals surface area contributed by atoms with Crippen LogP contribution in [0.3, 0.4) is 0 Å². The highest BCUT2D eigenvalue weighted by Gasteiger charge is 2.17. The molecule has 0 atom stereocenters. The van der Waals surface area contributed by atoms with Crippen molar-refractivity contribution in [1.29, 1.82) is 0 Å². The summed E-state index contributed by atoms with van der Waals surface area (Å²) in [5, 5.41) is 4.22. The van der Waals surface area contributed by atoms with Gasteiger partial charge in [-0.2, -0.15) is 0 Å². The molecule has 2 aromatic heterocycles. The number of aromatic nitrogens is 2. The second-order valence-electron chi connectivity index (χ2n) is 7.60. The quantitative estimate of drug-likeness (QED) is 0.303. The van der Waals surface area contributed by atoms with Gasteiger partial charge in [0, 0.05) is 18.0 Å². The molecule has 0 spiro atoms. The van der Waals surface area contributed by atoms with Gasteiger partial charge in [-0.1, -0.05) is 72.4 Å². The lowest BCUT2D eigenvalue weighted by Crippen LogP contribution is -2.27. The van der Waals surface area contributed by atoms with Crippen LogP contribution in [0, 0.1) is 13.8 Å². The molecular formula is C25H25N3O2S2. The molecule has 5 nitrogen and oxygen atoms in total. The molecule has 0 radical (unpaired) electrons. The van der Waals surface area contributed by atoms with Crippen LogP contribution >= 0.6 is 23.1 Å². The molecule has 4 rings (SSSR count). The van der Waals surface area contributed by atoms with E-state index in [-0.39, 0.29) is 17.2 Å². The SMILES string of the molecule is Cc1sc2nc(SCC(=O)NCc3ccccc3)n(CCc3ccccc3)c(=O)c2c1C. The lowest BCUT2D eigenvalue weighted by Gasteiger charge is -2.12. The summed E-state index contributed by atoms with van der Waals surface area (Å²) in [5.41, 5.74) is 3.18. The van der Waals surface area contributed by atoms with Crippen molar-refractivity contribution in [1.82, 2.24) is 14.9 Å². The van der Waals surface area contributed by atoms with Crippen LogP contribution < -0.4 is 10.9 Å². The van der Waals surface area contributed by atoms with E-state index in [9.17, 15) is 9.59 Å². The Morgan fingerprint density at radius 1 is 1.03 bits per heavy atom. The van der Waals surface area contributed by atoms with Crippen molar-refractivity contribution in [3.8, 4) is 0 Å². The molecule has 2 heterocycles. The first-order valence-corrected chi connectivity index (χ1v) is 12.3. The fourth-order valence-corrected chi connectivity index (χ4v) is 5.40. The fraction of sp³-hybridized carbons (Fsp3) is 0.240. The molecule has 4 aromatic rings. The number of nitrogens with one attached hydrogen (secondary N) is 1. The predicted molar refractivity (Wildman–Crippen MR) is 133 cm³/mol. The molecule has 7 heteroatoms. The minimum absolute atomic E-state index is 0.0278. The number of hydrogen-bond acceptors (Lipinski definition) is 5. The summed E-state index contributed by atoms with van der Waals surface area (Å²) < 4.78 is 1.73. The average Bonchev–Trinajstić information content (AvgIpc) is 3.10. The first-order valence-electron chi connectivity index (χ1n) is 10.5. The van der Waals surface area contributed by atoms with Gasteiger partial charge in [-0.3, -0.25) is 14.2 Å². The third kappa shape index (κ3) is 5.11. The number of benzene rings is 2. The zero-order chi connectivity index (χ0) is 22.5. The number of fused-ring (bicyclic) bond motifs is 1. The summed E-state index contributed by atoms with van der Waals surface area (Å²) >= 11 is 2.85. The highest BCUT2D eigenvalue weighted by molar-refractivity contribution is 7.99. The van der Waals surface area contributed by atoms with Crippen LogP contribution in [0.2, 0.25) is 0 Å². The zero-order valence-corrected chi connectivity index (χ0v) is 19.8. The van der Waals surface area contributed by atoms with E-state index in [2.05, 4.69) is 17.4 Å². The molecule has 0 saturated carbocycles. The number of hydrogen-bond donors (Lipinski definition) is 1. The molecule has 0 aliphatic heterocycles. The van der Waals surface area contributed by atoms with E-state index in [4.69, 9.17) is 4.98 Å². The van der Waals surface area contributed by atoms with Gasteiger partial charge in [0.05, 0.1) is 11.1 Å². The second-order valence-corrected chi connectivity index (χ2v) is 9.75. The van der Waals surface area contributed by atoms with Gasteiger partial charge in [0.15, 0.2) is 5.16 Å². The first-order chi connectivity index (χ1) is 15.5. The molecule has 1 N–H and O–H groups in total. The molecule has 32 heavy (non-hydrogen) atoms. The van der Waals surface area contributed by atoms with Crippen molar-refractivity contribution in [2.24, 2.45) is 0 Å². The number of carbonyl (C=O) groups excluding carboxylic acids is 1. The van der Waals surface area contributed by atoms with Gasteiger partial charge in [-0.15, -0.1) is 11.3 Å². The molecule has 2 aromatic carbocycles. The Hall–Kier alpha value is -2.90. The largest absolute Gasteiger partial charge is 0.351 e. The Bertz CT molecular complexity index is 1280. The topological polar surface area (TPSA) is 64.0 Å². The van der Waals surface area contributed by atoms with Crippen molar-refractivity contribution >= 4 is 39.2 Å². The summed E-state index contributed by atoms with van der Waals surface area (Å²) in [5.74, 6) is 0.126. The average molecular weight is 464 g/mol. The Morgan fingerprint density at radius 2 is 1.69 bits per heavy atom. The number of carbonyl (C=O) groups is 1. The normalized spacial score (nSPS) is 11.1. The summed E-state index contributed by atoms with van der Waals surface area (Å²) in [7, 11) is 0. The monoisotopic (exact) mass is 463 g/mol. The van der Waals surface area contributed by atoms with Gasteiger partial charge < -0.3 is 5.32 Å². The fourth-order valence-electron chi connectivity index (χ4n) is 3.48. The van der Waals surface area contributed by atoms with Crippen molar-refractivity contribution in [2.45, 2.75) is 38.5 Å². The molecule has 164 valence electrons. The summed E-state index contributed by atoms with van der Waals surface area (Å²) in [6.07, 6.45) is 0.726. The van der Waals surface area contributed by atoms with Crippen LogP contribution in [0.5, 0.6) is 0 Å². The van der Waals surface area contributed by atoms with E-state index < -0.39 is 0 Å². The molecule has 0 bridgehead atoms.